The van der Waals surface area contributed by atoms with E-state index in [0.717, 1.165) is 0 Å². The first-order valence-electron chi connectivity index (χ1n) is 6.42. The van der Waals surface area contributed by atoms with Crippen molar-refractivity contribution in [2.75, 3.05) is 14.2 Å². The van der Waals surface area contributed by atoms with Gasteiger partial charge in [-0.25, -0.2) is 0 Å². The second kappa shape index (κ2) is 6.92. The second-order valence-corrected chi connectivity index (χ2v) is 4.76. The number of esters is 1. The lowest BCUT2D eigenvalue weighted by atomic mass is 10.1. The Kier molecular flexibility index (Phi) is 5.52. The van der Waals surface area contributed by atoms with Crippen molar-refractivity contribution in [2.45, 2.75) is 26.9 Å². The smallest absolute Gasteiger partial charge is 0.308 e. The van der Waals surface area contributed by atoms with Gasteiger partial charge in [-0.1, -0.05) is 13.8 Å². The van der Waals surface area contributed by atoms with Gasteiger partial charge in [-0.05, 0) is 13.0 Å². The van der Waals surface area contributed by atoms with Gasteiger partial charge in [0.05, 0.1) is 36.7 Å². The third-order valence-electron chi connectivity index (χ3n) is 2.93. The summed E-state index contributed by atoms with van der Waals surface area (Å²) in [7, 11) is 2.82. The molecule has 0 aliphatic carbocycles. The average Bonchev–Trinajstić information content (AvgIpc) is 2.45. The number of nitro benzene ring substituents is 1. The molecule has 1 rings (SSSR count). The molecule has 0 radical (unpaired) electrons. The maximum atomic E-state index is 11.6. The molecule has 21 heavy (non-hydrogen) atoms. The zero-order valence-electron chi connectivity index (χ0n) is 12.7. The second-order valence-electron chi connectivity index (χ2n) is 4.76. The van der Waals surface area contributed by atoms with Crippen LogP contribution in [0.5, 0.6) is 11.5 Å². The molecular weight excluding hydrogens is 278 g/mol. The highest BCUT2D eigenvalue weighted by atomic mass is 16.6. The normalized spacial score (nSPS) is 11.9. The van der Waals surface area contributed by atoms with Crippen LogP contribution in [-0.2, 0) is 9.53 Å². The Balaban J connectivity index is 3.26. The van der Waals surface area contributed by atoms with E-state index >= 15 is 0 Å². The van der Waals surface area contributed by atoms with Crippen molar-refractivity contribution in [3.05, 3.63) is 27.8 Å². The standard InChI is InChI=1S/C14H19NO6/c1-8(2)14(16)21-9(3)10-6-12(19-4)13(20-5)7-11(10)15(17)18/h6-9H,1-5H3. The molecule has 0 bridgehead atoms. The van der Waals surface area contributed by atoms with Crippen molar-refractivity contribution >= 4 is 11.7 Å². The number of carbonyl (C=O) groups is 1. The van der Waals surface area contributed by atoms with Gasteiger partial charge in [0.15, 0.2) is 11.5 Å². The quantitative estimate of drug-likeness (QED) is 0.456. The molecule has 7 heteroatoms. The summed E-state index contributed by atoms with van der Waals surface area (Å²) < 4.78 is 15.4. The van der Waals surface area contributed by atoms with Crippen LogP contribution in [0, 0.1) is 16.0 Å². The summed E-state index contributed by atoms with van der Waals surface area (Å²) in [6.45, 7) is 4.96. The first-order chi connectivity index (χ1) is 9.81. The zero-order chi connectivity index (χ0) is 16.2. The Hall–Kier alpha value is -2.31. The Morgan fingerprint density at radius 2 is 1.67 bits per heavy atom. The van der Waals surface area contributed by atoms with Gasteiger partial charge in [0.1, 0.15) is 6.10 Å². The predicted octanol–water partition coefficient (Wildman–Crippen LogP) is 2.87. The summed E-state index contributed by atoms with van der Waals surface area (Å²) in [4.78, 5) is 22.3. The number of hydrogen-bond donors (Lipinski definition) is 0. The maximum Gasteiger partial charge on any atom is 0.308 e. The number of rotatable bonds is 6. The molecule has 0 aliphatic rings. The van der Waals surface area contributed by atoms with E-state index in [1.54, 1.807) is 20.8 Å². The van der Waals surface area contributed by atoms with Crippen LogP contribution in [0.2, 0.25) is 0 Å². The van der Waals surface area contributed by atoms with Crippen LogP contribution in [0.25, 0.3) is 0 Å². The van der Waals surface area contributed by atoms with Gasteiger partial charge in [-0.3, -0.25) is 14.9 Å². The van der Waals surface area contributed by atoms with Gasteiger partial charge in [0.25, 0.3) is 5.69 Å². The Bertz CT molecular complexity index is 541. The molecule has 1 unspecified atom stereocenters. The summed E-state index contributed by atoms with van der Waals surface area (Å²) in [6.07, 6.45) is -0.764. The average molecular weight is 297 g/mol. The van der Waals surface area contributed by atoms with Crippen LogP contribution >= 0.6 is 0 Å². The van der Waals surface area contributed by atoms with Gasteiger partial charge >= 0.3 is 5.97 Å². The Morgan fingerprint density at radius 1 is 1.14 bits per heavy atom. The molecule has 0 fully saturated rings. The van der Waals surface area contributed by atoms with Crippen LogP contribution in [0.1, 0.15) is 32.4 Å². The topological polar surface area (TPSA) is 87.9 Å². The lowest BCUT2D eigenvalue weighted by Crippen LogP contribution is -2.15. The summed E-state index contributed by atoms with van der Waals surface area (Å²) in [5.74, 6) is -0.154. The van der Waals surface area contributed by atoms with Crippen molar-refractivity contribution in [3.63, 3.8) is 0 Å². The lowest BCUT2D eigenvalue weighted by Gasteiger charge is -2.17. The number of nitrogens with zero attached hydrogens (tertiary/aromatic N) is 1. The molecule has 1 aromatic carbocycles. The highest BCUT2D eigenvalue weighted by molar-refractivity contribution is 5.72. The van der Waals surface area contributed by atoms with Gasteiger partial charge in [-0.2, -0.15) is 0 Å². The molecular formula is C14H19NO6. The van der Waals surface area contributed by atoms with E-state index in [4.69, 9.17) is 14.2 Å². The van der Waals surface area contributed by atoms with Gasteiger partial charge < -0.3 is 14.2 Å². The van der Waals surface area contributed by atoms with Gasteiger partial charge in [0, 0.05) is 0 Å². The molecule has 0 aliphatic heterocycles. The fraction of sp³-hybridized carbons (Fsp3) is 0.500. The Morgan fingerprint density at radius 3 is 2.10 bits per heavy atom. The van der Waals surface area contributed by atoms with Crippen molar-refractivity contribution in [3.8, 4) is 11.5 Å². The molecule has 0 heterocycles. The summed E-state index contributed by atoms with van der Waals surface area (Å²) in [6, 6.07) is 2.71. The fourth-order valence-corrected chi connectivity index (χ4v) is 1.74. The molecule has 7 nitrogen and oxygen atoms in total. The van der Waals surface area contributed by atoms with Crippen molar-refractivity contribution in [1.82, 2.24) is 0 Å². The van der Waals surface area contributed by atoms with Crippen LogP contribution in [-0.4, -0.2) is 25.1 Å². The molecule has 0 spiro atoms. The number of hydrogen-bond acceptors (Lipinski definition) is 6. The molecule has 0 amide bonds. The van der Waals surface area contributed by atoms with Crippen molar-refractivity contribution < 1.29 is 23.9 Å². The summed E-state index contributed by atoms with van der Waals surface area (Å²) >= 11 is 0. The van der Waals surface area contributed by atoms with Crippen molar-refractivity contribution in [1.29, 1.82) is 0 Å². The first kappa shape index (κ1) is 16.7. The molecule has 116 valence electrons. The van der Waals surface area contributed by atoms with Gasteiger partial charge in [-0.15, -0.1) is 0 Å². The molecule has 0 N–H and O–H groups in total. The minimum atomic E-state index is -0.764. The van der Waals surface area contributed by atoms with Gasteiger partial charge in [0.2, 0.25) is 0 Å². The van der Waals surface area contributed by atoms with E-state index in [9.17, 15) is 14.9 Å². The minimum Gasteiger partial charge on any atom is -0.493 e. The summed E-state index contributed by atoms with van der Waals surface area (Å²) in [5.41, 5.74) is 0.0726. The van der Waals surface area contributed by atoms with E-state index in [-0.39, 0.29) is 22.9 Å². The molecule has 0 saturated heterocycles. The fourth-order valence-electron chi connectivity index (χ4n) is 1.74. The number of ether oxygens (including phenoxy) is 3. The maximum absolute atomic E-state index is 11.6. The Labute approximate surface area is 123 Å². The predicted molar refractivity (Wildman–Crippen MR) is 75.5 cm³/mol. The van der Waals surface area contributed by atoms with Crippen LogP contribution in [0.4, 0.5) is 5.69 Å². The van der Waals surface area contributed by atoms with E-state index in [1.807, 2.05) is 0 Å². The van der Waals surface area contributed by atoms with E-state index in [0.29, 0.717) is 5.75 Å². The van der Waals surface area contributed by atoms with Crippen molar-refractivity contribution in [2.24, 2.45) is 5.92 Å². The SMILES string of the molecule is COc1cc(C(C)OC(=O)C(C)C)c([N+](=O)[O-])cc1OC. The first-order valence-corrected chi connectivity index (χ1v) is 6.42. The number of carbonyl (C=O) groups excluding carboxylic acids is 1. The molecule has 1 aromatic rings. The highest BCUT2D eigenvalue weighted by Gasteiger charge is 2.26. The number of methoxy groups -OCH3 is 2. The monoisotopic (exact) mass is 297 g/mol. The number of nitro groups is 1. The van der Waals surface area contributed by atoms with E-state index < -0.39 is 17.0 Å². The number of benzene rings is 1. The van der Waals surface area contributed by atoms with Crippen LogP contribution in [0.3, 0.4) is 0 Å². The largest absolute Gasteiger partial charge is 0.493 e. The molecule has 0 saturated carbocycles. The van der Waals surface area contributed by atoms with Crippen LogP contribution < -0.4 is 9.47 Å². The third kappa shape index (κ3) is 3.84. The highest BCUT2D eigenvalue weighted by Crippen LogP contribution is 2.38. The summed E-state index contributed by atoms with van der Waals surface area (Å²) in [5, 5.41) is 11.2. The van der Waals surface area contributed by atoms with E-state index in [1.165, 1.54) is 26.4 Å². The molecule has 1 atom stereocenters. The third-order valence-corrected chi connectivity index (χ3v) is 2.93. The van der Waals surface area contributed by atoms with E-state index in [2.05, 4.69) is 0 Å². The lowest BCUT2D eigenvalue weighted by molar-refractivity contribution is -0.386. The minimum absolute atomic E-state index is 0.184. The van der Waals surface area contributed by atoms with Crippen LogP contribution in [0.15, 0.2) is 12.1 Å². The molecule has 0 aromatic heterocycles. The zero-order valence-corrected chi connectivity index (χ0v) is 12.7.